The van der Waals surface area contributed by atoms with Gasteiger partial charge in [0, 0.05) is 61.8 Å². The number of hydrogen-bond acceptors (Lipinski definition) is 10. The lowest BCUT2D eigenvalue weighted by Gasteiger charge is -2.32. The van der Waals surface area contributed by atoms with E-state index >= 15 is 0 Å². The van der Waals surface area contributed by atoms with Crippen molar-refractivity contribution in [3.63, 3.8) is 0 Å². The van der Waals surface area contributed by atoms with Gasteiger partial charge in [-0.25, -0.2) is 9.97 Å². The van der Waals surface area contributed by atoms with Crippen LogP contribution in [0.25, 0.3) is 11.0 Å². The number of carbonyl (C=O) groups is 6. The van der Waals surface area contributed by atoms with E-state index in [1.807, 2.05) is 30.3 Å². The number of nitrogens with zero attached hydrogens (tertiary/aromatic N) is 4. The number of aromatic nitrogens is 3. The number of carbonyl (C=O) groups excluding carboxylic acids is 6. The second kappa shape index (κ2) is 15.7. The molecule has 1 unspecified atom stereocenters. The molecule has 57 heavy (non-hydrogen) atoms. The van der Waals surface area contributed by atoms with E-state index in [9.17, 15) is 28.8 Å². The highest BCUT2D eigenvalue weighted by atomic mass is 35.5. The van der Waals surface area contributed by atoms with Crippen molar-refractivity contribution >= 4 is 63.8 Å². The predicted octanol–water partition coefficient (Wildman–Crippen LogP) is 5.27. The Labute approximate surface area is 330 Å². The monoisotopic (exact) mass is 783 g/mol. The summed E-state index contributed by atoms with van der Waals surface area (Å²) in [4.78, 5) is 92.0. The van der Waals surface area contributed by atoms with Crippen LogP contribution in [0.3, 0.4) is 0 Å². The van der Waals surface area contributed by atoms with Gasteiger partial charge in [-0.1, -0.05) is 47.7 Å². The van der Waals surface area contributed by atoms with Crippen LogP contribution < -0.4 is 15.4 Å². The number of imide groups is 2. The molecule has 3 aromatic carbocycles. The third-order valence-corrected chi connectivity index (χ3v) is 10.5. The zero-order chi connectivity index (χ0) is 39.6. The quantitative estimate of drug-likeness (QED) is 0.101. The van der Waals surface area contributed by atoms with Crippen LogP contribution in [0.4, 0.5) is 5.82 Å². The van der Waals surface area contributed by atoms with E-state index in [1.165, 1.54) is 12.4 Å². The number of nitrogens with one attached hydrogen (secondary N) is 3. The van der Waals surface area contributed by atoms with Gasteiger partial charge in [-0.05, 0) is 55.7 Å². The van der Waals surface area contributed by atoms with Gasteiger partial charge in [-0.15, -0.1) is 0 Å². The molecule has 3 N–H and O–H groups in total. The van der Waals surface area contributed by atoms with Gasteiger partial charge in [-0.3, -0.25) is 39.0 Å². The number of hydrogen-bond donors (Lipinski definition) is 3. The van der Waals surface area contributed by atoms with Crippen molar-refractivity contribution in [2.24, 2.45) is 0 Å². The Morgan fingerprint density at radius 2 is 1.72 bits per heavy atom. The number of H-pyrrole nitrogens is 1. The number of ketones is 1. The molecule has 286 valence electrons. The number of para-hydroxylation sites is 1. The van der Waals surface area contributed by atoms with Gasteiger partial charge in [0.25, 0.3) is 11.8 Å². The lowest BCUT2D eigenvalue weighted by molar-refractivity contribution is -0.136. The van der Waals surface area contributed by atoms with Crippen molar-refractivity contribution in [3.8, 4) is 23.3 Å². The van der Waals surface area contributed by atoms with Gasteiger partial charge in [0.2, 0.25) is 17.7 Å². The second-order valence-corrected chi connectivity index (χ2v) is 14.2. The zero-order valence-corrected chi connectivity index (χ0v) is 31.1. The molecular formula is C42H34ClN7O7. The second-order valence-electron chi connectivity index (χ2n) is 13.8. The highest BCUT2D eigenvalue weighted by molar-refractivity contribution is 6.36. The molecule has 15 heteroatoms. The van der Waals surface area contributed by atoms with Gasteiger partial charge in [-0.2, -0.15) is 0 Å². The third-order valence-electron chi connectivity index (χ3n) is 10.2. The summed E-state index contributed by atoms with van der Waals surface area (Å²) in [6.45, 7) is 1.01. The molecule has 0 bridgehead atoms. The molecule has 0 aliphatic carbocycles. The molecule has 5 aromatic rings. The summed E-state index contributed by atoms with van der Waals surface area (Å²) >= 11 is 6.59. The first kappa shape index (κ1) is 37.1. The highest BCUT2D eigenvalue weighted by Crippen LogP contribution is 2.33. The molecule has 14 nitrogen and oxygen atoms in total. The molecule has 2 aromatic heterocycles. The number of rotatable bonds is 9. The number of benzene rings is 3. The number of ether oxygens (including phenoxy) is 1. The zero-order valence-electron chi connectivity index (χ0n) is 30.3. The first-order valence-electron chi connectivity index (χ1n) is 18.4. The summed E-state index contributed by atoms with van der Waals surface area (Å²) in [5.41, 5.74) is 1.76. The number of halogens is 1. The van der Waals surface area contributed by atoms with Crippen LogP contribution in [0.2, 0.25) is 5.02 Å². The minimum absolute atomic E-state index is 0.0250. The Kier molecular flexibility index (Phi) is 10.2. The predicted molar refractivity (Wildman–Crippen MR) is 208 cm³/mol. The fraction of sp³-hybridized carbons (Fsp3) is 0.238. The molecule has 5 amide bonds. The van der Waals surface area contributed by atoms with Gasteiger partial charge in [0.1, 0.15) is 35.3 Å². The summed E-state index contributed by atoms with van der Waals surface area (Å²) in [5, 5.41) is 6.44. The van der Waals surface area contributed by atoms with Crippen LogP contribution in [-0.2, 0) is 14.4 Å². The number of likely N-dealkylation sites (tertiary alicyclic amines) is 1. The van der Waals surface area contributed by atoms with E-state index in [0.717, 1.165) is 4.90 Å². The van der Waals surface area contributed by atoms with E-state index in [4.69, 9.17) is 16.3 Å². The molecule has 3 aliphatic heterocycles. The first-order chi connectivity index (χ1) is 27.7. The van der Waals surface area contributed by atoms with Gasteiger partial charge in [0.15, 0.2) is 5.78 Å². The Bertz CT molecular complexity index is 2540. The Morgan fingerprint density at radius 1 is 0.912 bits per heavy atom. The van der Waals surface area contributed by atoms with Crippen LogP contribution in [0, 0.1) is 11.8 Å². The average Bonchev–Trinajstić information content (AvgIpc) is 3.76. The molecule has 5 heterocycles. The topological polar surface area (TPSA) is 184 Å². The maximum atomic E-state index is 13.8. The van der Waals surface area contributed by atoms with Crippen molar-refractivity contribution in [1.82, 2.24) is 30.1 Å². The fourth-order valence-corrected chi connectivity index (χ4v) is 7.59. The van der Waals surface area contributed by atoms with Gasteiger partial charge >= 0.3 is 0 Å². The van der Waals surface area contributed by atoms with Crippen LogP contribution >= 0.6 is 11.6 Å². The van der Waals surface area contributed by atoms with E-state index in [2.05, 4.69) is 37.4 Å². The average molecular weight is 784 g/mol. The Hall–Kier alpha value is -6.85. The minimum atomic E-state index is -1.07. The van der Waals surface area contributed by atoms with Crippen LogP contribution in [-0.4, -0.2) is 85.2 Å². The van der Waals surface area contributed by atoms with Crippen LogP contribution in [0.5, 0.6) is 11.5 Å². The van der Waals surface area contributed by atoms with E-state index in [0.29, 0.717) is 71.0 Å². The number of piperidine rings is 2. The molecule has 3 aliphatic rings. The van der Waals surface area contributed by atoms with Gasteiger partial charge < -0.3 is 19.9 Å². The summed E-state index contributed by atoms with van der Waals surface area (Å²) < 4.78 is 5.87. The molecule has 2 saturated heterocycles. The maximum absolute atomic E-state index is 13.8. The number of fused-ring (bicyclic) bond motifs is 2. The largest absolute Gasteiger partial charge is 0.457 e. The summed E-state index contributed by atoms with van der Waals surface area (Å²) in [5.74, 6) is 4.83. The molecular weight excluding hydrogens is 750 g/mol. The molecule has 1 atom stereocenters. The van der Waals surface area contributed by atoms with Crippen molar-refractivity contribution < 1.29 is 33.5 Å². The van der Waals surface area contributed by atoms with E-state index in [1.54, 1.807) is 41.4 Å². The van der Waals surface area contributed by atoms with Crippen molar-refractivity contribution in [2.45, 2.75) is 50.6 Å². The van der Waals surface area contributed by atoms with E-state index in [-0.39, 0.29) is 59.6 Å². The van der Waals surface area contributed by atoms with Crippen molar-refractivity contribution in [2.75, 3.05) is 18.4 Å². The third kappa shape index (κ3) is 7.44. The van der Waals surface area contributed by atoms with Crippen molar-refractivity contribution in [1.29, 1.82) is 0 Å². The lowest BCUT2D eigenvalue weighted by atomic mass is 10.0. The molecule has 2 fully saturated rings. The van der Waals surface area contributed by atoms with E-state index < -0.39 is 29.7 Å². The summed E-state index contributed by atoms with van der Waals surface area (Å²) in [7, 11) is 0. The normalized spacial score (nSPS) is 16.9. The Balaban J connectivity index is 0.869. The summed E-state index contributed by atoms with van der Waals surface area (Å²) in [6, 6.07) is 17.8. The minimum Gasteiger partial charge on any atom is -0.457 e. The highest BCUT2D eigenvalue weighted by Gasteiger charge is 2.45. The van der Waals surface area contributed by atoms with Gasteiger partial charge in [0.05, 0.1) is 27.1 Å². The smallest absolute Gasteiger partial charge is 0.263 e. The number of amides is 5. The number of aromatic amines is 1. The number of anilines is 1. The SMILES string of the molecule is O=C1CCC(N2C(=O)c3cccc(C#CCCC(=O)N4CCC(Nc5ncnc6[nH]cc(C(=O)c7ccc(Oc8ccccc8)cc7Cl)c56)CC4)c3C2=O)C(=O)N1. The van der Waals surface area contributed by atoms with Crippen molar-refractivity contribution in [3.05, 3.63) is 112 Å². The maximum Gasteiger partial charge on any atom is 0.263 e. The van der Waals surface area contributed by atoms with Crippen LogP contribution in [0.1, 0.15) is 80.7 Å². The molecule has 0 spiro atoms. The fourth-order valence-electron chi connectivity index (χ4n) is 7.34. The lowest BCUT2D eigenvalue weighted by Crippen LogP contribution is -2.54. The first-order valence-corrected chi connectivity index (χ1v) is 18.8. The van der Waals surface area contributed by atoms with Crippen LogP contribution in [0.15, 0.2) is 79.3 Å². The summed E-state index contributed by atoms with van der Waals surface area (Å²) in [6.07, 6.45) is 4.78. The molecule has 0 radical (unpaired) electrons. The Morgan fingerprint density at radius 3 is 2.49 bits per heavy atom. The molecule has 0 saturated carbocycles. The standard InChI is InChI=1S/C42H34ClN7O7/c43-31-21-27(57-26-9-2-1-3-10-26)13-14-28(31)37(53)30-22-44-38-36(30)39(46-23-45-38)47-25-17-19-49(20-18-25)34(52)12-5-4-7-24-8-6-11-29-35(24)42(56)50(41(29)55)32-15-16-33(51)48-40(32)54/h1-3,6,8-11,13-14,21-23,25,32H,5,12,15-20H2,(H,48,51,54)(H2,44,45,46,47). The molecule has 8 rings (SSSR count).